The molecule has 0 aliphatic carbocycles. The third kappa shape index (κ3) is 4.38. The van der Waals surface area contributed by atoms with Crippen LogP contribution in [0.25, 0.3) is 0 Å². The number of phenolic OH excluding ortho intramolecular Hbond substituents is 1. The van der Waals surface area contributed by atoms with Crippen LogP contribution in [0.1, 0.15) is 24.1 Å². The van der Waals surface area contributed by atoms with E-state index in [1.165, 1.54) is 6.07 Å². The summed E-state index contributed by atoms with van der Waals surface area (Å²) >= 11 is 12.1. The van der Waals surface area contributed by atoms with E-state index in [1.807, 2.05) is 0 Å². The zero-order chi connectivity index (χ0) is 16.2. The van der Waals surface area contributed by atoms with Gasteiger partial charge in [-0.15, -0.1) is 0 Å². The second kappa shape index (κ2) is 7.53. The lowest BCUT2D eigenvalue weighted by atomic mass is 10.1. The van der Waals surface area contributed by atoms with Crippen LogP contribution in [0.3, 0.4) is 0 Å². The SMILES string of the molecule is Oc1cc(Cl)cc(Cl)c1CN1CCC(OCc2cnc[nH]2)CC1. The molecule has 0 bridgehead atoms. The summed E-state index contributed by atoms with van der Waals surface area (Å²) in [4.78, 5) is 9.28. The van der Waals surface area contributed by atoms with Gasteiger partial charge in [-0.05, 0) is 25.0 Å². The summed E-state index contributed by atoms with van der Waals surface area (Å²) < 4.78 is 5.90. The highest BCUT2D eigenvalue weighted by molar-refractivity contribution is 6.35. The number of piperidine rings is 1. The van der Waals surface area contributed by atoms with Gasteiger partial charge in [-0.25, -0.2) is 4.98 Å². The van der Waals surface area contributed by atoms with Crippen molar-refractivity contribution in [1.82, 2.24) is 14.9 Å². The average molecular weight is 356 g/mol. The van der Waals surface area contributed by atoms with Crippen molar-refractivity contribution in [2.45, 2.75) is 32.1 Å². The Morgan fingerprint density at radius 2 is 2.09 bits per heavy atom. The van der Waals surface area contributed by atoms with Gasteiger partial charge in [-0.1, -0.05) is 23.2 Å². The number of aromatic nitrogens is 2. The number of aromatic amines is 1. The van der Waals surface area contributed by atoms with E-state index in [0.717, 1.165) is 37.2 Å². The predicted octanol–water partition coefficient (Wildman–Crippen LogP) is 3.60. The number of hydrogen-bond acceptors (Lipinski definition) is 4. The van der Waals surface area contributed by atoms with E-state index >= 15 is 0 Å². The summed E-state index contributed by atoms with van der Waals surface area (Å²) in [7, 11) is 0. The third-order valence-corrected chi connectivity index (χ3v) is 4.64. The fourth-order valence-electron chi connectivity index (χ4n) is 2.78. The van der Waals surface area contributed by atoms with Gasteiger partial charge in [0.05, 0.1) is 36.0 Å². The summed E-state index contributed by atoms with van der Waals surface area (Å²) in [6.07, 6.45) is 5.61. The molecule has 2 aromatic rings. The van der Waals surface area contributed by atoms with Crippen LogP contribution in [0.5, 0.6) is 5.75 Å². The quantitative estimate of drug-likeness (QED) is 0.859. The number of H-pyrrole nitrogens is 1. The molecule has 0 atom stereocenters. The van der Waals surface area contributed by atoms with Crippen molar-refractivity contribution in [1.29, 1.82) is 0 Å². The Morgan fingerprint density at radius 1 is 1.30 bits per heavy atom. The highest BCUT2D eigenvalue weighted by atomic mass is 35.5. The van der Waals surface area contributed by atoms with Gasteiger partial charge in [-0.2, -0.15) is 0 Å². The van der Waals surface area contributed by atoms with Crippen LogP contribution in [-0.2, 0) is 17.9 Å². The number of imidazole rings is 1. The molecule has 1 fully saturated rings. The molecular weight excluding hydrogens is 337 g/mol. The molecule has 1 aromatic heterocycles. The normalized spacial score (nSPS) is 16.8. The number of hydrogen-bond donors (Lipinski definition) is 2. The van der Waals surface area contributed by atoms with Crippen LogP contribution < -0.4 is 0 Å². The number of ether oxygens (including phenoxy) is 1. The largest absolute Gasteiger partial charge is 0.508 e. The van der Waals surface area contributed by atoms with E-state index in [4.69, 9.17) is 27.9 Å². The van der Waals surface area contributed by atoms with Gasteiger partial charge in [-0.3, -0.25) is 4.90 Å². The Balaban J connectivity index is 1.49. The van der Waals surface area contributed by atoms with E-state index < -0.39 is 0 Å². The van der Waals surface area contributed by atoms with Crippen LogP contribution in [0.2, 0.25) is 10.0 Å². The zero-order valence-corrected chi connectivity index (χ0v) is 14.1. The first-order valence-electron chi connectivity index (χ1n) is 7.60. The van der Waals surface area contributed by atoms with Crippen molar-refractivity contribution in [3.05, 3.63) is 46.0 Å². The standard InChI is InChI=1S/C16H19Cl2N3O2/c17-11-5-15(18)14(16(22)6-11)8-21-3-1-13(2-4-21)23-9-12-7-19-10-20-12/h5-7,10,13,22H,1-4,8-9H2,(H,19,20). The molecule has 23 heavy (non-hydrogen) atoms. The summed E-state index contributed by atoms with van der Waals surface area (Å²) in [5, 5.41) is 11.0. The van der Waals surface area contributed by atoms with Gasteiger partial charge in [0.25, 0.3) is 0 Å². The Labute approximate surface area is 145 Å². The molecular formula is C16H19Cl2N3O2. The van der Waals surface area contributed by atoms with E-state index in [9.17, 15) is 5.11 Å². The second-order valence-electron chi connectivity index (χ2n) is 5.75. The fourth-order valence-corrected chi connectivity index (χ4v) is 3.32. The summed E-state index contributed by atoms with van der Waals surface area (Å²) in [6.45, 7) is 3.00. The van der Waals surface area contributed by atoms with E-state index in [2.05, 4.69) is 14.9 Å². The summed E-state index contributed by atoms with van der Waals surface area (Å²) in [5.74, 6) is 0.153. The van der Waals surface area contributed by atoms with Gasteiger partial charge in [0.15, 0.2) is 0 Å². The van der Waals surface area contributed by atoms with Crippen molar-refractivity contribution in [3.8, 4) is 5.75 Å². The lowest BCUT2D eigenvalue weighted by molar-refractivity contribution is -0.00519. The van der Waals surface area contributed by atoms with Crippen LogP contribution in [0.15, 0.2) is 24.7 Å². The highest BCUT2D eigenvalue weighted by Crippen LogP contribution is 2.31. The second-order valence-corrected chi connectivity index (χ2v) is 6.59. The van der Waals surface area contributed by atoms with Gasteiger partial charge >= 0.3 is 0 Å². The Bertz CT molecular complexity index is 618. The molecule has 2 N–H and O–H groups in total. The van der Waals surface area contributed by atoms with Gasteiger partial charge < -0.3 is 14.8 Å². The van der Waals surface area contributed by atoms with Crippen LogP contribution in [0, 0.1) is 0 Å². The molecule has 0 spiro atoms. The van der Waals surface area contributed by atoms with Crippen molar-refractivity contribution in [3.63, 3.8) is 0 Å². The van der Waals surface area contributed by atoms with Crippen molar-refractivity contribution in [2.24, 2.45) is 0 Å². The third-order valence-electron chi connectivity index (χ3n) is 4.08. The molecule has 2 heterocycles. The molecule has 1 aliphatic heterocycles. The van der Waals surface area contributed by atoms with Crippen molar-refractivity contribution in [2.75, 3.05) is 13.1 Å². The van der Waals surface area contributed by atoms with E-state index in [1.54, 1.807) is 18.6 Å². The Hall–Kier alpha value is -1.27. The number of nitrogens with one attached hydrogen (secondary N) is 1. The molecule has 0 amide bonds. The van der Waals surface area contributed by atoms with Gasteiger partial charge in [0.2, 0.25) is 0 Å². The average Bonchev–Trinajstić information content (AvgIpc) is 3.03. The highest BCUT2D eigenvalue weighted by Gasteiger charge is 2.21. The Kier molecular flexibility index (Phi) is 5.43. The van der Waals surface area contributed by atoms with Crippen molar-refractivity contribution < 1.29 is 9.84 Å². The fraction of sp³-hybridized carbons (Fsp3) is 0.438. The first kappa shape index (κ1) is 16.6. The molecule has 0 unspecified atom stereocenters. The lowest BCUT2D eigenvalue weighted by Crippen LogP contribution is -2.36. The molecule has 1 aromatic carbocycles. The molecule has 0 saturated carbocycles. The lowest BCUT2D eigenvalue weighted by Gasteiger charge is -2.32. The number of phenols is 1. The number of aromatic hydroxyl groups is 1. The monoisotopic (exact) mass is 355 g/mol. The van der Waals surface area contributed by atoms with E-state index in [-0.39, 0.29) is 11.9 Å². The maximum atomic E-state index is 10.0. The zero-order valence-electron chi connectivity index (χ0n) is 12.6. The van der Waals surface area contributed by atoms with Gasteiger partial charge in [0, 0.05) is 30.2 Å². The first-order chi connectivity index (χ1) is 11.1. The van der Waals surface area contributed by atoms with Crippen molar-refractivity contribution >= 4 is 23.2 Å². The minimum absolute atomic E-state index is 0.153. The maximum absolute atomic E-state index is 10.0. The number of rotatable bonds is 5. The molecule has 124 valence electrons. The van der Waals surface area contributed by atoms with E-state index in [0.29, 0.717) is 23.2 Å². The smallest absolute Gasteiger partial charge is 0.123 e. The van der Waals surface area contributed by atoms with Crippen LogP contribution in [-0.4, -0.2) is 39.2 Å². The van der Waals surface area contributed by atoms with Gasteiger partial charge in [0.1, 0.15) is 5.75 Å². The minimum Gasteiger partial charge on any atom is -0.508 e. The number of nitrogens with zero attached hydrogens (tertiary/aromatic N) is 2. The van der Waals surface area contributed by atoms with Crippen LogP contribution >= 0.6 is 23.2 Å². The summed E-state index contributed by atoms with van der Waals surface area (Å²) in [5.41, 5.74) is 1.72. The topological polar surface area (TPSA) is 61.4 Å². The molecule has 1 aliphatic rings. The molecule has 0 radical (unpaired) electrons. The maximum Gasteiger partial charge on any atom is 0.123 e. The summed E-state index contributed by atoms with van der Waals surface area (Å²) in [6, 6.07) is 3.20. The minimum atomic E-state index is 0.153. The number of halogens is 2. The molecule has 7 heteroatoms. The Morgan fingerprint density at radius 3 is 2.74 bits per heavy atom. The van der Waals surface area contributed by atoms with Crippen LogP contribution in [0.4, 0.5) is 0 Å². The molecule has 3 rings (SSSR count). The number of benzene rings is 1. The predicted molar refractivity (Wildman–Crippen MR) is 89.8 cm³/mol. The number of likely N-dealkylation sites (tertiary alicyclic amines) is 1. The molecule has 1 saturated heterocycles. The molecule has 5 nitrogen and oxygen atoms in total. The first-order valence-corrected chi connectivity index (χ1v) is 8.35.